The lowest BCUT2D eigenvalue weighted by Crippen LogP contribution is -2.14. The molecule has 1 aromatic rings. The molecule has 20 heavy (non-hydrogen) atoms. The molecule has 1 N–H and O–H groups in total. The van der Waals surface area contributed by atoms with Gasteiger partial charge in [0.25, 0.3) is 0 Å². The number of nitrogens with one attached hydrogen (secondary N) is 1. The van der Waals surface area contributed by atoms with Gasteiger partial charge in [-0.3, -0.25) is 0 Å². The van der Waals surface area contributed by atoms with E-state index in [9.17, 15) is 0 Å². The van der Waals surface area contributed by atoms with Gasteiger partial charge in [-0.25, -0.2) is 0 Å². The van der Waals surface area contributed by atoms with Crippen molar-refractivity contribution >= 4 is 28.3 Å². The summed E-state index contributed by atoms with van der Waals surface area (Å²) in [5.41, 5.74) is 1.19. The number of unbranched alkanes of at least 4 members (excludes halogenated alkanes) is 3. The predicted molar refractivity (Wildman–Crippen MR) is 90.3 cm³/mol. The second kappa shape index (κ2) is 11.2. The minimum atomic E-state index is 0. The minimum Gasteiger partial charge on any atom is -0.493 e. The Kier molecular flexibility index (Phi) is 11.0. The highest BCUT2D eigenvalue weighted by molar-refractivity contribution is 9.10. The lowest BCUT2D eigenvalue weighted by atomic mass is 10.2. The molecule has 0 spiro atoms. The van der Waals surface area contributed by atoms with Crippen LogP contribution in [0.3, 0.4) is 0 Å². The van der Waals surface area contributed by atoms with Crippen LogP contribution >= 0.6 is 28.3 Å². The Labute approximate surface area is 137 Å². The summed E-state index contributed by atoms with van der Waals surface area (Å²) in [6.07, 6.45) is 5.15. The third-order valence-electron chi connectivity index (χ3n) is 3.03. The van der Waals surface area contributed by atoms with E-state index in [1.807, 2.05) is 6.07 Å². The van der Waals surface area contributed by atoms with Crippen molar-refractivity contribution in [2.45, 2.75) is 39.2 Å². The standard InChI is InChI=1S/C15H24BrNO2.ClH/c1-4-5-6-7-8-17-11-12-9-13(16)15(19-3)14(10-12)18-2;/h9-10,17H,4-8,11H2,1-3H3;1H. The summed E-state index contributed by atoms with van der Waals surface area (Å²) < 4.78 is 11.6. The number of hydrogen-bond acceptors (Lipinski definition) is 3. The molecule has 0 aliphatic rings. The van der Waals surface area contributed by atoms with E-state index in [1.54, 1.807) is 14.2 Å². The summed E-state index contributed by atoms with van der Waals surface area (Å²) in [6.45, 7) is 4.14. The van der Waals surface area contributed by atoms with Crippen molar-refractivity contribution < 1.29 is 9.47 Å². The quantitative estimate of drug-likeness (QED) is 0.650. The average Bonchev–Trinajstić information content (AvgIpc) is 2.42. The van der Waals surface area contributed by atoms with Crippen molar-refractivity contribution in [3.8, 4) is 11.5 Å². The topological polar surface area (TPSA) is 30.5 Å². The molecule has 5 heteroatoms. The normalized spacial score (nSPS) is 10.0. The van der Waals surface area contributed by atoms with E-state index >= 15 is 0 Å². The fourth-order valence-corrected chi connectivity index (χ4v) is 2.63. The van der Waals surface area contributed by atoms with Gasteiger partial charge in [-0.2, -0.15) is 0 Å². The molecule has 3 nitrogen and oxygen atoms in total. The van der Waals surface area contributed by atoms with E-state index in [1.165, 1.54) is 31.2 Å². The zero-order valence-electron chi connectivity index (χ0n) is 12.5. The van der Waals surface area contributed by atoms with Crippen molar-refractivity contribution in [3.05, 3.63) is 22.2 Å². The lowest BCUT2D eigenvalue weighted by molar-refractivity contribution is 0.352. The van der Waals surface area contributed by atoms with Gasteiger partial charge in [0.05, 0.1) is 18.7 Å². The van der Waals surface area contributed by atoms with Gasteiger partial charge in [-0.15, -0.1) is 12.4 Å². The zero-order chi connectivity index (χ0) is 14.1. The number of benzene rings is 1. The zero-order valence-corrected chi connectivity index (χ0v) is 14.9. The fourth-order valence-electron chi connectivity index (χ4n) is 1.98. The monoisotopic (exact) mass is 365 g/mol. The van der Waals surface area contributed by atoms with Crippen LogP contribution in [0.2, 0.25) is 0 Å². The van der Waals surface area contributed by atoms with Crippen LogP contribution < -0.4 is 14.8 Å². The van der Waals surface area contributed by atoms with Crippen LogP contribution in [-0.4, -0.2) is 20.8 Å². The van der Waals surface area contributed by atoms with Crippen molar-refractivity contribution in [1.82, 2.24) is 5.32 Å². The van der Waals surface area contributed by atoms with Crippen molar-refractivity contribution in [1.29, 1.82) is 0 Å². The van der Waals surface area contributed by atoms with E-state index in [-0.39, 0.29) is 12.4 Å². The first kappa shape index (κ1) is 19.6. The summed E-state index contributed by atoms with van der Waals surface area (Å²) in [5, 5.41) is 3.46. The van der Waals surface area contributed by atoms with E-state index < -0.39 is 0 Å². The van der Waals surface area contributed by atoms with Gasteiger partial charge < -0.3 is 14.8 Å². The van der Waals surface area contributed by atoms with Crippen LogP contribution in [0.4, 0.5) is 0 Å². The smallest absolute Gasteiger partial charge is 0.174 e. The van der Waals surface area contributed by atoms with Gasteiger partial charge in [0.15, 0.2) is 11.5 Å². The molecule has 0 aliphatic heterocycles. The van der Waals surface area contributed by atoms with Gasteiger partial charge in [0, 0.05) is 6.54 Å². The number of hydrogen-bond donors (Lipinski definition) is 1. The lowest BCUT2D eigenvalue weighted by Gasteiger charge is -2.12. The number of methoxy groups -OCH3 is 2. The molecule has 0 fully saturated rings. The first-order chi connectivity index (χ1) is 9.22. The maximum Gasteiger partial charge on any atom is 0.174 e. The number of rotatable bonds is 9. The largest absolute Gasteiger partial charge is 0.493 e. The molecule has 0 saturated carbocycles. The predicted octanol–water partition coefficient (Wildman–Crippen LogP) is 4.56. The van der Waals surface area contributed by atoms with Crippen LogP contribution in [-0.2, 0) is 6.54 Å². The van der Waals surface area contributed by atoms with E-state index in [4.69, 9.17) is 9.47 Å². The van der Waals surface area contributed by atoms with Gasteiger partial charge in [-0.1, -0.05) is 26.2 Å². The van der Waals surface area contributed by atoms with E-state index in [0.29, 0.717) is 0 Å². The molecule has 0 aliphatic carbocycles. The van der Waals surface area contributed by atoms with Crippen molar-refractivity contribution in [2.75, 3.05) is 20.8 Å². The average molecular weight is 367 g/mol. The van der Waals surface area contributed by atoms with E-state index in [2.05, 4.69) is 34.2 Å². The Balaban J connectivity index is 0.00000361. The summed E-state index contributed by atoms with van der Waals surface area (Å²) in [6, 6.07) is 4.09. The Morgan fingerprint density at radius 3 is 2.45 bits per heavy atom. The van der Waals surface area contributed by atoms with Crippen LogP contribution in [0.25, 0.3) is 0 Å². The second-order valence-corrected chi connectivity index (χ2v) is 5.40. The van der Waals surface area contributed by atoms with Crippen LogP contribution in [0, 0.1) is 0 Å². The van der Waals surface area contributed by atoms with Crippen molar-refractivity contribution in [3.63, 3.8) is 0 Å². The Hall–Kier alpha value is -0.450. The highest BCUT2D eigenvalue weighted by Crippen LogP contribution is 2.36. The first-order valence-corrected chi connectivity index (χ1v) is 7.63. The van der Waals surface area contributed by atoms with Gasteiger partial charge in [0.1, 0.15) is 0 Å². The summed E-state index contributed by atoms with van der Waals surface area (Å²) in [5.74, 6) is 1.51. The van der Waals surface area contributed by atoms with E-state index in [0.717, 1.165) is 29.1 Å². The molecule has 0 heterocycles. The molecule has 0 saturated heterocycles. The Morgan fingerprint density at radius 1 is 1.10 bits per heavy atom. The SMILES string of the molecule is CCCCCCNCc1cc(Br)c(OC)c(OC)c1.Cl. The minimum absolute atomic E-state index is 0. The maximum atomic E-state index is 5.33. The maximum absolute atomic E-state index is 5.33. The molecule has 0 amide bonds. The molecule has 116 valence electrons. The van der Waals surface area contributed by atoms with Crippen LogP contribution in [0.1, 0.15) is 38.2 Å². The van der Waals surface area contributed by atoms with Crippen molar-refractivity contribution in [2.24, 2.45) is 0 Å². The first-order valence-electron chi connectivity index (χ1n) is 6.84. The highest BCUT2D eigenvalue weighted by atomic mass is 79.9. The molecule has 0 aromatic heterocycles. The van der Waals surface area contributed by atoms with Gasteiger partial charge >= 0.3 is 0 Å². The summed E-state index contributed by atoms with van der Waals surface area (Å²) in [4.78, 5) is 0. The van der Waals surface area contributed by atoms with Gasteiger partial charge in [0.2, 0.25) is 0 Å². The fraction of sp³-hybridized carbons (Fsp3) is 0.600. The molecule has 0 unspecified atom stereocenters. The van der Waals surface area contributed by atoms with Crippen LogP contribution in [0.5, 0.6) is 11.5 Å². The summed E-state index contributed by atoms with van der Waals surface area (Å²) in [7, 11) is 3.31. The Bertz CT molecular complexity index is 388. The molecular formula is C15H25BrClNO2. The second-order valence-electron chi connectivity index (χ2n) is 4.55. The van der Waals surface area contributed by atoms with Gasteiger partial charge in [-0.05, 0) is 46.6 Å². The molecular weight excluding hydrogens is 342 g/mol. The number of halogens is 2. The molecule has 0 atom stereocenters. The third kappa shape index (κ3) is 6.33. The summed E-state index contributed by atoms with van der Waals surface area (Å²) >= 11 is 3.51. The molecule has 0 bridgehead atoms. The molecule has 1 aromatic carbocycles. The molecule has 1 rings (SSSR count). The number of ether oxygens (including phenoxy) is 2. The Morgan fingerprint density at radius 2 is 1.85 bits per heavy atom. The third-order valence-corrected chi connectivity index (χ3v) is 3.62. The highest BCUT2D eigenvalue weighted by Gasteiger charge is 2.10. The molecule has 0 radical (unpaired) electrons. The van der Waals surface area contributed by atoms with Crippen LogP contribution in [0.15, 0.2) is 16.6 Å².